The van der Waals surface area contributed by atoms with Crippen molar-refractivity contribution in [3.63, 3.8) is 0 Å². The zero-order valence-corrected chi connectivity index (χ0v) is 28.8. The standard InChI is InChI=1S/C39H46ClN3O4/c1-5-8-20-39(21-22-39)25-45-24-31-35(32(6-2)43(4)42-31)34-30(40)19-18-29-28(37(41-36(29)34)38(44)46-7-3)16-12-23-47-33-17-11-14-26-13-9-10-15-27(26)33/h9-11,13-15,17-19,41H,5-8,12,16,20-25H2,1-4H3. The second-order valence-corrected chi connectivity index (χ2v) is 13.2. The number of H-pyrrole nitrogens is 1. The Kier molecular flexibility index (Phi) is 10.2. The van der Waals surface area contributed by atoms with Gasteiger partial charge in [0.1, 0.15) is 11.4 Å². The van der Waals surface area contributed by atoms with Crippen LogP contribution in [0, 0.1) is 5.41 Å². The molecule has 3 aromatic carbocycles. The van der Waals surface area contributed by atoms with Crippen LogP contribution in [-0.2, 0) is 36.0 Å². The molecule has 2 heterocycles. The lowest BCUT2D eigenvalue weighted by Crippen LogP contribution is -2.11. The summed E-state index contributed by atoms with van der Waals surface area (Å²) in [5.74, 6) is 0.487. The fourth-order valence-electron chi connectivity index (χ4n) is 6.90. The number of rotatable bonds is 16. The third kappa shape index (κ3) is 6.93. The first-order chi connectivity index (χ1) is 22.9. The number of aromatic amines is 1. The third-order valence-electron chi connectivity index (χ3n) is 9.58. The number of carbonyl (C=O) groups excluding carboxylic acids is 1. The molecule has 1 fully saturated rings. The lowest BCUT2D eigenvalue weighted by molar-refractivity contribution is 0.0519. The molecule has 1 N–H and O–H groups in total. The van der Waals surface area contributed by atoms with Crippen LogP contribution in [0.25, 0.3) is 32.8 Å². The highest BCUT2D eigenvalue weighted by molar-refractivity contribution is 6.35. The second-order valence-electron chi connectivity index (χ2n) is 12.8. The van der Waals surface area contributed by atoms with E-state index in [2.05, 4.69) is 37.0 Å². The molecule has 0 aliphatic heterocycles. The van der Waals surface area contributed by atoms with Gasteiger partial charge in [-0.1, -0.05) is 80.8 Å². The van der Waals surface area contributed by atoms with Gasteiger partial charge in [-0.25, -0.2) is 4.79 Å². The zero-order chi connectivity index (χ0) is 33.0. The fraction of sp³-hybridized carbons (Fsp3) is 0.436. The predicted octanol–water partition coefficient (Wildman–Crippen LogP) is 9.61. The number of fused-ring (bicyclic) bond motifs is 2. The monoisotopic (exact) mass is 655 g/mol. The molecular formula is C39H46ClN3O4. The van der Waals surface area contributed by atoms with Gasteiger partial charge in [0.05, 0.1) is 42.7 Å². The minimum absolute atomic E-state index is 0.287. The molecule has 0 unspecified atom stereocenters. The summed E-state index contributed by atoms with van der Waals surface area (Å²) in [6.45, 7) is 8.15. The van der Waals surface area contributed by atoms with E-state index >= 15 is 0 Å². The van der Waals surface area contributed by atoms with Crippen LogP contribution >= 0.6 is 11.6 Å². The molecular weight excluding hydrogens is 610 g/mol. The Labute approximate surface area is 282 Å². The molecule has 1 saturated carbocycles. The molecule has 1 aliphatic rings. The molecule has 0 saturated heterocycles. The summed E-state index contributed by atoms with van der Waals surface area (Å²) in [6, 6.07) is 18.3. The predicted molar refractivity (Wildman–Crippen MR) is 189 cm³/mol. The molecule has 2 aromatic heterocycles. The van der Waals surface area contributed by atoms with E-state index in [1.807, 2.05) is 55.1 Å². The maximum Gasteiger partial charge on any atom is 0.355 e. The maximum atomic E-state index is 13.3. The number of carbonyl (C=O) groups is 1. The molecule has 0 spiro atoms. The first kappa shape index (κ1) is 33.1. The van der Waals surface area contributed by atoms with Crippen molar-refractivity contribution in [1.29, 1.82) is 0 Å². The largest absolute Gasteiger partial charge is 0.493 e. The van der Waals surface area contributed by atoms with Gasteiger partial charge in [0.2, 0.25) is 0 Å². The molecule has 7 nitrogen and oxygen atoms in total. The van der Waals surface area contributed by atoms with Gasteiger partial charge < -0.3 is 19.2 Å². The molecule has 0 amide bonds. The Bertz CT molecular complexity index is 1860. The highest BCUT2D eigenvalue weighted by Gasteiger charge is 2.42. The van der Waals surface area contributed by atoms with Crippen LogP contribution in [0.1, 0.15) is 86.7 Å². The van der Waals surface area contributed by atoms with Crippen LogP contribution in [0.5, 0.6) is 5.75 Å². The van der Waals surface area contributed by atoms with Crippen LogP contribution in [-0.4, -0.2) is 40.6 Å². The summed E-state index contributed by atoms with van der Waals surface area (Å²) in [7, 11) is 1.98. The number of unbranched alkanes of at least 4 members (excludes halogenated alkanes) is 1. The minimum Gasteiger partial charge on any atom is -0.493 e. The van der Waals surface area contributed by atoms with Crippen molar-refractivity contribution in [2.45, 2.75) is 78.7 Å². The minimum atomic E-state index is -0.372. The van der Waals surface area contributed by atoms with E-state index in [0.717, 1.165) is 68.5 Å². The van der Waals surface area contributed by atoms with Crippen molar-refractivity contribution in [2.24, 2.45) is 12.5 Å². The number of esters is 1. The molecule has 248 valence electrons. The Hall–Kier alpha value is -3.81. The Morgan fingerprint density at radius 3 is 2.57 bits per heavy atom. The molecule has 0 atom stereocenters. The van der Waals surface area contributed by atoms with Crippen LogP contribution in [0.4, 0.5) is 0 Å². The number of hydrogen-bond acceptors (Lipinski definition) is 5. The quantitative estimate of drug-likeness (QED) is 0.0846. The van der Waals surface area contributed by atoms with Crippen LogP contribution < -0.4 is 4.74 Å². The molecule has 6 rings (SSSR count). The van der Waals surface area contributed by atoms with E-state index in [0.29, 0.717) is 42.2 Å². The van der Waals surface area contributed by atoms with E-state index < -0.39 is 0 Å². The van der Waals surface area contributed by atoms with E-state index in [-0.39, 0.29) is 12.6 Å². The van der Waals surface area contributed by atoms with Crippen molar-refractivity contribution in [2.75, 3.05) is 19.8 Å². The smallest absolute Gasteiger partial charge is 0.355 e. The Morgan fingerprint density at radius 1 is 1.00 bits per heavy atom. The average molecular weight is 656 g/mol. The summed E-state index contributed by atoms with van der Waals surface area (Å²) in [4.78, 5) is 16.8. The summed E-state index contributed by atoms with van der Waals surface area (Å²) in [6.07, 6.45) is 8.26. The van der Waals surface area contributed by atoms with Crippen LogP contribution in [0.15, 0.2) is 54.6 Å². The van der Waals surface area contributed by atoms with E-state index in [1.54, 1.807) is 0 Å². The van der Waals surface area contributed by atoms with Gasteiger partial charge in [-0.05, 0) is 73.9 Å². The second kappa shape index (κ2) is 14.5. The van der Waals surface area contributed by atoms with Gasteiger partial charge in [-0.2, -0.15) is 5.10 Å². The number of hydrogen-bond donors (Lipinski definition) is 1. The molecule has 0 radical (unpaired) electrons. The average Bonchev–Trinajstić information content (AvgIpc) is 3.64. The first-order valence-corrected chi connectivity index (χ1v) is 17.5. The first-order valence-electron chi connectivity index (χ1n) is 17.1. The number of halogens is 1. The number of nitrogens with one attached hydrogen (secondary N) is 1. The molecule has 47 heavy (non-hydrogen) atoms. The molecule has 0 bridgehead atoms. The zero-order valence-electron chi connectivity index (χ0n) is 28.1. The molecule has 5 aromatic rings. The number of ether oxygens (including phenoxy) is 3. The van der Waals surface area contributed by atoms with Gasteiger partial charge in [0.15, 0.2) is 0 Å². The van der Waals surface area contributed by atoms with E-state index in [1.165, 1.54) is 32.1 Å². The fourth-order valence-corrected chi connectivity index (χ4v) is 7.15. The highest BCUT2D eigenvalue weighted by Crippen LogP contribution is 2.50. The van der Waals surface area contributed by atoms with Gasteiger partial charge in [0, 0.05) is 34.6 Å². The number of aromatic nitrogens is 3. The van der Waals surface area contributed by atoms with Crippen molar-refractivity contribution in [3.8, 4) is 16.9 Å². The van der Waals surface area contributed by atoms with Crippen molar-refractivity contribution < 1.29 is 19.0 Å². The number of benzene rings is 3. The van der Waals surface area contributed by atoms with Crippen LogP contribution in [0.3, 0.4) is 0 Å². The number of aryl methyl sites for hydroxylation is 2. The van der Waals surface area contributed by atoms with Crippen molar-refractivity contribution >= 4 is 39.2 Å². The molecule has 1 aliphatic carbocycles. The van der Waals surface area contributed by atoms with Crippen molar-refractivity contribution in [1.82, 2.24) is 14.8 Å². The summed E-state index contributed by atoms with van der Waals surface area (Å²) >= 11 is 7.03. The SMILES string of the molecule is CCCCC1(COCc2nn(C)c(CC)c2-c2c(Cl)ccc3c(CCCOc4cccc5ccccc45)c(C(=O)OCC)[nH]c23)CC1. The normalized spacial score (nSPS) is 13.8. The van der Waals surface area contributed by atoms with E-state index in [9.17, 15) is 4.79 Å². The topological polar surface area (TPSA) is 78.4 Å². The van der Waals surface area contributed by atoms with Crippen LogP contribution in [0.2, 0.25) is 5.02 Å². The highest BCUT2D eigenvalue weighted by atomic mass is 35.5. The van der Waals surface area contributed by atoms with Gasteiger partial charge >= 0.3 is 5.97 Å². The maximum absolute atomic E-state index is 13.3. The number of nitrogens with zero attached hydrogens (tertiary/aromatic N) is 2. The summed E-state index contributed by atoms with van der Waals surface area (Å²) in [5, 5.41) is 8.71. The van der Waals surface area contributed by atoms with E-state index in [4.69, 9.17) is 30.9 Å². The third-order valence-corrected chi connectivity index (χ3v) is 9.89. The van der Waals surface area contributed by atoms with Gasteiger partial charge in [-0.3, -0.25) is 4.68 Å². The van der Waals surface area contributed by atoms with Crippen molar-refractivity contribution in [3.05, 3.63) is 82.3 Å². The molecule has 8 heteroatoms. The summed E-state index contributed by atoms with van der Waals surface area (Å²) < 4.78 is 20.1. The van der Waals surface area contributed by atoms with Gasteiger partial charge in [0.25, 0.3) is 0 Å². The Balaban J connectivity index is 1.31. The lowest BCUT2D eigenvalue weighted by Gasteiger charge is -2.15. The summed E-state index contributed by atoms with van der Waals surface area (Å²) in [5.41, 5.74) is 6.28. The lowest BCUT2D eigenvalue weighted by atomic mass is 9.97. The van der Waals surface area contributed by atoms with Gasteiger partial charge in [-0.15, -0.1) is 0 Å². The Morgan fingerprint density at radius 2 is 1.81 bits per heavy atom.